The molecule has 1 N–H and O–H groups in total. The number of benzene rings is 1. The average Bonchev–Trinajstić information content (AvgIpc) is 2.40. The van der Waals surface area contributed by atoms with Crippen LogP contribution in [0.2, 0.25) is 0 Å². The van der Waals surface area contributed by atoms with Crippen LogP contribution in [0, 0.1) is 6.92 Å². The molecule has 1 rings (SSSR count). The Kier molecular flexibility index (Phi) is 8.21. The van der Waals surface area contributed by atoms with Gasteiger partial charge in [-0.2, -0.15) is 0 Å². The maximum absolute atomic E-state index is 10.4. The molecule has 1 aromatic rings. The highest BCUT2D eigenvalue weighted by atomic mass is 32.2. The van der Waals surface area contributed by atoms with E-state index in [1.807, 2.05) is 20.8 Å². The molecule has 0 unspecified atom stereocenters. The topological polar surface area (TPSA) is 77.4 Å². The Labute approximate surface area is 136 Å². The Morgan fingerprint density at radius 3 is 1.59 bits per heavy atom. The molecule has 1 aromatic carbocycles. The third kappa shape index (κ3) is 5.96. The van der Waals surface area contributed by atoms with Crippen LogP contribution in [0.25, 0.3) is 0 Å². The third-order valence-electron chi connectivity index (χ3n) is 4.29. The Morgan fingerprint density at radius 2 is 1.41 bits per heavy atom. The highest BCUT2D eigenvalue weighted by Crippen LogP contribution is 2.66. The first kappa shape index (κ1) is 21.5. The van der Waals surface area contributed by atoms with Crippen molar-refractivity contribution in [1.82, 2.24) is 0 Å². The molecule has 0 amide bonds. The van der Waals surface area contributed by atoms with E-state index in [-0.39, 0.29) is 4.90 Å². The summed E-state index contributed by atoms with van der Waals surface area (Å²) in [5, 5.41) is 9.55. The van der Waals surface area contributed by atoms with Crippen LogP contribution in [-0.4, -0.2) is 41.9 Å². The summed E-state index contributed by atoms with van der Waals surface area (Å²) >= 11 is 0. The van der Waals surface area contributed by atoms with Crippen LogP contribution < -0.4 is 0 Å². The Hall–Kier alpha value is -0.480. The summed E-state index contributed by atoms with van der Waals surface area (Å²) in [6.07, 6.45) is 3.51. The van der Waals surface area contributed by atoms with E-state index < -0.39 is 22.7 Å². The van der Waals surface area contributed by atoms with Gasteiger partial charge in [-0.1, -0.05) is 17.7 Å². The van der Waals surface area contributed by atoms with Crippen molar-refractivity contribution < 1.29 is 18.1 Å². The van der Waals surface area contributed by atoms with Gasteiger partial charge in [-0.15, -0.1) is 0 Å². The average molecular weight is 348 g/mol. The summed E-state index contributed by atoms with van der Waals surface area (Å²) in [6.45, 7) is 12.4. The minimum absolute atomic E-state index is 0.178. The summed E-state index contributed by atoms with van der Waals surface area (Å²) in [7, 11) is -5.34. The largest absolute Gasteiger partial charge is 0.744 e. The van der Waals surface area contributed by atoms with Gasteiger partial charge in [0.2, 0.25) is 0 Å². The molecular weight excluding hydrogens is 319 g/mol. The molecule has 0 aliphatic carbocycles. The summed E-state index contributed by atoms with van der Waals surface area (Å²) in [5.41, 5.74) is 0.928. The van der Waals surface area contributed by atoms with E-state index in [9.17, 15) is 18.1 Å². The lowest BCUT2D eigenvalue weighted by molar-refractivity contribution is 0.168. The lowest BCUT2D eigenvalue weighted by Gasteiger charge is -2.34. The molecule has 0 bridgehead atoms. The zero-order valence-electron chi connectivity index (χ0n) is 14.5. The Balaban J connectivity index is 0.000000401. The maximum Gasteiger partial charge on any atom is 0.168 e. The Morgan fingerprint density at radius 1 is 1.05 bits per heavy atom. The van der Waals surface area contributed by atoms with Crippen LogP contribution in [0.15, 0.2) is 29.2 Å². The zero-order chi connectivity index (χ0) is 17.6. The molecular formula is C16H29O4PS. The predicted molar refractivity (Wildman–Crippen MR) is 94.0 cm³/mol. The quantitative estimate of drug-likeness (QED) is 0.650. The lowest BCUT2D eigenvalue weighted by Crippen LogP contribution is -2.28. The fourth-order valence-electron chi connectivity index (χ4n) is 2.54. The van der Waals surface area contributed by atoms with E-state index in [4.69, 9.17) is 0 Å². The monoisotopic (exact) mass is 348 g/mol. The number of aryl methyl sites for hydroxylation is 1. The fraction of sp³-hybridized carbons (Fsp3) is 0.625. The number of hydrogen-bond acceptors (Lipinski definition) is 4. The molecule has 0 saturated heterocycles. The maximum atomic E-state index is 10.4. The molecule has 0 fully saturated rings. The molecule has 0 atom stereocenters. The molecule has 0 aromatic heterocycles. The van der Waals surface area contributed by atoms with Crippen molar-refractivity contribution in [3.63, 3.8) is 0 Å². The van der Waals surface area contributed by atoms with Crippen LogP contribution in [-0.2, 0) is 10.1 Å². The first-order valence-corrected chi connectivity index (χ1v) is 11.3. The molecule has 0 saturated carbocycles. The normalized spacial score (nSPS) is 12.5. The number of hydrogen-bond donors (Lipinski definition) is 1. The van der Waals surface area contributed by atoms with Gasteiger partial charge in [0.05, 0.1) is 23.4 Å². The second-order valence-corrected chi connectivity index (χ2v) is 12.5. The van der Waals surface area contributed by atoms with Crippen molar-refractivity contribution in [2.75, 3.05) is 18.5 Å². The minimum Gasteiger partial charge on any atom is -0.744 e. The van der Waals surface area contributed by atoms with E-state index in [0.717, 1.165) is 5.56 Å². The van der Waals surface area contributed by atoms with Crippen molar-refractivity contribution >= 4 is 17.4 Å². The van der Waals surface area contributed by atoms with Crippen molar-refractivity contribution in [3.05, 3.63) is 29.8 Å². The first-order chi connectivity index (χ1) is 9.93. The van der Waals surface area contributed by atoms with Gasteiger partial charge in [0.15, 0.2) is 5.34 Å². The van der Waals surface area contributed by atoms with Crippen molar-refractivity contribution in [3.8, 4) is 0 Å². The van der Waals surface area contributed by atoms with Gasteiger partial charge in [0, 0.05) is 7.26 Å². The second kappa shape index (κ2) is 8.39. The van der Waals surface area contributed by atoms with E-state index in [1.54, 1.807) is 12.1 Å². The molecule has 128 valence electrons. The van der Waals surface area contributed by atoms with Crippen molar-refractivity contribution in [2.24, 2.45) is 0 Å². The first-order valence-electron chi connectivity index (χ1n) is 7.54. The second-order valence-electron chi connectivity index (χ2n) is 5.86. The van der Waals surface area contributed by atoms with Gasteiger partial charge in [0.1, 0.15) is 10.1 Å². The fourth-order valence-corrected chi connectivity index (χ4v) is 6.67. The Bertz CT molecular complexity index is 532. The van der Waals surface area contributed by atoms with Gasteiger partial charge in [-0.25, -0.2) is 8.42 Å². The van der Waals surface area contributed by atoms with Crippen molar-refractivity contribution in [1.29, 1.82) is 0 Å². The zero-order valence-corrected chi connectivity index (χ0v) is 16.2. The molecule has 0 radical (unpaired) electrons. The van der Waals surface area contributed by atoms with Crippen LogP contribution in [0.4, 0.5) is 0 Å². The SMILES string of the molecule is CC[P+](CC)(CC)C(C)(C)O.Cc1ccc(S(=O)(=O)[O-])cc1. The van der Waals surface area contributed by atoms with E-state index in [2.05, 4.69) is 20.8 Å². The summed E-state index contributed by atoms with van der Waals surface area (Å²) in [4.78, 5) is -0.178. The molecule has 0 aliphatic rings. The summed E-state index contributed by atoms with van der Waals surface area (Å²) in [5.74, 6) is 0. The number of rotatable bonds is 5. The predicted octanol–water partition coefficient (Wildman–Crippen LogP) is 3.69. The van der Waals surface area contributed by atoms with Gasteiger partial charge in [-0.05, 0) is 53.7 Å². The molecule has 0 aliphatic heterocycles. The van der Waals surface area contributed by atoms with Gasteiger partial charge in [-0.3, -0.25) is 0 Å². The summed E-state index contributed by atoms with van der Waals surface area (Å²) in [6, 6.07) is 5.78. The summed E-state index contributed by atoms with van der Waals surface area (Å²) < 4.78 is 31.2. The van der Waals surface area contributed by atoms with Crippen molar-refractivity contribution in [2.45, 2.75) is 51.8 Å². The smallest absolute Gasteiger partial charge is 0.168 e. The lowest BCUT2D eigenvalue weighted by atomic mass is 10.2. The molecule has 6 heteroatoms. The van der Waals surface area contributed by atoms with Crippen LogP contribution in [0.5, 0.6) is 0 Å². The number of aliphatic hydroxyl groups is 1. The standard InChI is InChI=1S/C9H22OP.C7H8O3S/c1-6-11(7-2,8-3)9(4,5)10;1-6-2-4-7(5-3-6)11(8,9)10/h10H,6-8H2,1-5H3;2-5H,1H3,(H,8,9,10)/q+1;/p-1. The van der Waals surface area contributed by atoms with E-state index >= 15 is 0 Å². The molecule has 22 heavy (non-hydrogen) atoms. The third-order valence-corrected chi connectivity index (χ3v) is 11.1. The van der Waals surface area contributed by atoms with Gasteiger partial charge in [0.25, 0.3) is 0 Å². The van der Waals surface area contributed by atoms with E-state index in [1.165, 1.54) is 30.6 Å². The highest BCUT2D eigenvalue weighted by molar-refractivity contribution is 7.85. The van der Waals surface area contributed by atoms with Gasteiger partial charge < -0.3 is 9.66 Å². The molecule has 0 heterocycles. The van der Waals surface area contributed by atoms with Crippen LogP contribution in [0.1, 0.15) is 40.2 Å². The minimum atomic E-state index is -4.27. The van der Waals surface area contributed by atoms with E-state index in [0.29, 0.717) is 0 Å². The van der Waals surface area contributed by atoms with Crippen LogP contribution in [0.3, 0.4) is 0 Å². The molecule has 4 nitrogen and oxygen atoms in total. The highest BCUT2D eigenvalue weighted by Gasteiger charge is 2.46. The molecule has 0 spiro atoms. The van der Waals surface area contributed by atoms with Crippen LogP contribution >= 0.6 is 7.26 Å². The van der Waals surface area contributed by atoms with Gasteiger partial charge >= 0.3 is 0 Å².